The summed E-state index contributed by atoms with van der Waals surface area (Å²) < 4.78 is 0. The SMILES string of the molecule is CC1CC2=C(CN1)c1ccccc1Cc1ccccc12. The molecule has 0 saturated heterocycles. The van der Waals surface area contributed by atoms with Crippen molar-refractivity contribution < 1.29 is 0 Å². The van der Waals surface area contributed by atoms with Gasteiger partial charge in [-0.25, -0.2) is 0 Å². The van der Waals surface area contributed by atoms with Crippen molar-refractivity contribution in [3.63, 3.8) is 0 Å². The number of nitrogens with one attached hydrogen (secondary N) is 1. The fourth-order valence-electron chi connectivity index (χ4n) is 3.56. The normalized spacial score (nSPS) is 20.8. The first kappa shape index (κ1) is 11.9. The lowest BCUT2D eigenvalue weighted by molar-refractivity contribution is 0.586. The van der Waals surface area contributed by atoms with Gasteiger partial charge in [0, 0.05) is 12.6 Å². The molecule has 0 amide bonds. The van der Waals surface area contributed by atoms with Crippen LogP contribution in [0.2, 0.25) is 0 Å². The standard InChI is InChI=1S/C19H19N/c1-13-10-18-16-8-4-2-6-14(16)11-15-7-3-5-9-17(15)19(18)12-20-13/h2-9,13,20H,10-12H2,1H3. The highest BCUT2D eigenvalue weighted by Gasteiger charge is 2.25. The first-order valence-corrected chi connectivity index (χ1v) is 7.45. The molecule has 1 nitrogen and oxygen atoms in total. The van der Waals surface area contributed by atoms with E-state index in [1.54, 1.807) is 5.57 Å². The van der Waals surface area contributed by atoms with Crippen molar-refractivity contribution in [2.24, 2.45) is 0 Å². The number of hydrogen-bond acceptors (Lipinski definition) is 1. The van der Waals surface area contributed by atoms with Gasteiger partial charge < -0.3 is 5.32 Å². The average molecular weight is 261 g/mol. The maximum absolute atomic E-state index is 3.62. The van der Waals surface area contributed by atoms with Crippen LogP contribution in [-0.2, 0) is 6.42 Å². The van der Waals surface area contributed by atoms with Crippen LogP contribution < -0.4 is 5.32 Å². The molecule has 20 heavy (non-hydrogen) atoms. The van der Waals surface area contributed by atoms with Gasteiger partial charge in [0.2, 0.25) is 0 Å². The highest BCUT2D eigenvalue weighted by Crippen LogP contribution is 2.39. The lowest BCUT2D eigenvalue weighted by Crippen LogP contribution is -2.32. The molecule has 2 aliphatic rings. The van der Waals surface area contributed by atoms with Gasteiger partial charge in [-0.2, -0.15) is 0 Å². The highest BCUT2D eigenvalue weighted by atomic mass is 14.9. The largest absolute Gasteiger partial charge is 0.310 e. The Morgan fingerprint density at radius 2 is 1.45 bits per heavy atom. The van der Waals surface area contributed by atoms with Gasteiger partial charge in [-0.3, -0.25) is 0 Å². The second-order valence-electron chi connectivity index (χ2n) is 5.93. The van der Waals surface area contributed by atoms with E-state index in [0.29, 0.717) is 6.04 Å². The average Bonchev–Trinajstić information content (AvgIpc) is 2.61. The van der Waals surface area contributed by atoms with E-state index < -0.39 is 0 Å². The Hall–Kier alpha value is -1.86. The second-order valence-corrected chi connectivity index (χ2v) is 5.93. The maximum atomic E-state index is 3.62. The molecular weight excluding hydrogens is 242 g/mol. The Morgan fingerprint density at radius 3 is 2.15 bits per heavy atom. The molecule has 0 fully saturated rings. The minimum absolute atomic E-state index is 0.562. The van der Waals surface area contributed by atoms with Crippen molar-refractivity contribution in [2.75, 3.05) is 6.54 Å². The van der Waals surface area contributed by atoms with E-state index >= 15 is 0 Å². The molecule has 1 aliphatic heterocycles. The van der Waals surface area contributed by atoms with Gasteiger partial charge in [0.05, 0.1) is 0 Å². The number of benzene rings is 2. The molecule has 4 rings (SSSR count). The van der Waals surface area contributed by atoms with E-state index in [1.807, 2.05) is 0 Å². The number of rotatable bonds is 0. The molecule has 0 saturated carbocycles. The topological polar surface area (TPSA) is 12.0 Å². The Labute approximate surface area is 120 Å². The molecule has 1 N–H and O–H groups in total. The summed E-state index contributed by atoms with van der Waals surface area (Å²) in [5.74, 6) is 0. The van der Waals surface area contributed by atoms with Crippen molar-refractivity contribution >= 4 is 11.1 Å². The lowest BCUT2D eigenvalue weighted by atomic mass is 9.87. The van der Waals surface area contributed by atoms with Gasteiger partial charge >= 0.3 is 0 Å². The van der Waals surface area contributed by atoms with E-state index in [1.165, 1.54) is 27.8 Å². The van der Waals surface area contributed by atoms with Crippen LogP contribution in [0, 0.1) is 0 Å². The van der Waals surface area contributed by atoms with Gasteiger partial charge in [0.1, 0.15) is 0 Å². The minimum atomic E-state index is 0.562. The summed E-state index contributed by atoms with van der Waals surface area (Å²) in [5, 5.41) is 3.62. The third-order valence-electron chi connectivity index (χ3n) is 4.57. The Kier molecular flexibility index (Phi) is 2.75. The molecule has 1 heterocycles. The number of fused-ring (bicyclic) bond motifs is 4. The van der Waals surface area contributed by atoms with Crippen molar-refractivity contribution in [2.45, 2.75) is 25.8 Å². The summed E-state index contributed by atoms with van der Waals surface area (Å²) in [6, 6.07) is 18.4. The van der Waals surface area contributed by atoms with Crippen LogP contribution in [0.1, 0.15) is 35.6 Å². The molecule has 2 aromatic carbocycles. The molecule has 1 aliphatic carbocycles. The molecule has 0 radical (unpaired) electrons. The van der Waals surface area contributed by atoms with Crippen molar-refractivity contribution in [3.05, 3.63) is 70.8 Å². The van der Waals surface area contributed by atoms with E-state index in [2.05, 4.69) is 60.8 Å². The predicted octanol–water partition coefficient (Wildman–Crippen LogP) is 3.88. The quantitative estimate of drug-likeness (QED) is 0.759. The van der Waals surface area contributed by atoms with Crippen LogP contribution in [0.3, 0.4) is 0 Å². The third-order valence-corrected chi connectivity index (χ3v) is 4.57. The van der Waals surface area contributed by atoms with Crippen LogP contribution in [0.4, 0.5) is 0 Å². The fourth-order valence-corrected chi connectivity index (χ4v) is 3.56. The molecule has 2 aromatic rings. The smallest absolute Gasteiger partial charge is 0.0217 e. The Morgan fingerprint density at radius 1 is 0.850 bits per heavy atom. The minimum Gasteiger partial charge on any atom is -0.310 e. The van der Waals surface area contributed by atoms with Gasteiger partial charge in [-0.1, -0.05) is 48.5 Å². The third kappa shape index (κ3) is 1.82. The van der Waals surface area contributed by atoms with Crippen LogP contribution in [0.25, 0.3) is 11.1 Å². The fraction of sp³-hybridized carbons (Fsp3) is 0.263. The van der Waals surface area contributed by atoms with Gasteiger partial charge in [-0.15, -0.1) is 0 Å². The highest BCUT2D eigenvalue weighted by molar-refractivity contribution is 5.95. The summed E-state index contributed by atoms with van der Waals surface area (Å²) in [7, 11) is 0. The summed E-state index contributed by atoms with van der Waals surface area (Å²) in [4.78, 5) is 0. The summed E-state index contributed by atoms with van der Waals surface area (Å²) in [6.45, 7) is 3.27. The summed E-state index contributed by atoms with van der Waals surface area (Å²) in [6.07, 6.45) is 2.18. The molecule has 0 spiro atoms. The molecule has 1 atom stereocenters. The zero-order chi connectivity index (χ0) is 13.5. The molecule has 0 bridgehead atoms. The van der Waals surface area contributed by atoms with Gasteiger partial charge in [-0.05, 0) is 53.2 Å². The molecule has 1 unspecified atom stereocenters. The first-order valence-electron chi connectivity index (χ1n) is 7.45. The van der Waals surface area contributed by atoms with E-state index in [-0.39, 0.29) is 0 Å². The zero-order valence-electron chi connectivity index (χ0n) is 11.8. The molecular formula is C19H19N. The van der Waals surface area contributed by atoms with Crippen molar-refractivity contribution in [3.8, 4) is 0 Å². The van der Waals surface area contributed by atoms with Crippen LogP contribution in [0.15, 0.2) is 48.5 Å². The molecule has 0 aromatic heterocycles. The van der Waals surface area contributed by atoms with Crippen LogP contribution >= 0.6 is 0 Å². The van der Waals surface area contributed by atoms with E-state index in [0.717, 1.165) is 19.4 Å². The Bertz CT molecular complexity index is 696. The van der Waals surface area contributed by atoms with Crippen molar-refractivity contribution in [1.82, 2.24) is 5.32 Å². The van der Waals surface area contributed by atoms with Crippen LogP contribution in [0.5, 0.6) is 0 Å². The first-order chi connectivity index (χ1) is 9.83. The zero-order valence-corrected chi connectivity index (χ0v) is 11.8. The molecule has 100 valence electrons. The number of hydrogen-bond donors (Lipinski definition) is 1. The van der Waals surface area contributed by atoms with E-state index in [4.69, 9.17) is 0 Å². The van der Waals surface area contributed by atoms with Gasteiger partial charge in [0.25, 0.3) is 0 Å². The Balaban J connectivity index is 2.01. The predicted molar refractivity (Wildman–Crippen MR) is 84.6 cm³/mol. The van der Waals surface area contributed by atoms with Crippen LogP contribution in [-0.4, -0.2) is 12.6 Å². The van der Waals surface area contributed by atoms with Crippen molar-refractivity contribution in [1.29, 1.82) is 0 Å². The lowest BCUT2D eigenvalue weighted by Gasteiger charge is -2.27. The summed E-state index contributed by atoms with van der Waals surface area (Å²) >= 11 is 0. The maximum Gasteiger partial charge on any atom is 0.0217 e. The van der Waals surface area contributed by atoms with Gasteiger partial charge in [0.15, 0.2) is 0 Å². The summed E-state index contributed by atoms with van der Waals surface area (Å²) in [5.41, 5.74) is 8.89. The second kappa shape index (κ2) is 4.60. The molecule has 1 heteroatoms. The van der Waals surface area contributed by atoms with E-state index in [9.17, 15) is 0 Å². The monoisotopic (exact) mass is 261 g/mol.